The molecule has 0 radical (unpaired) electrons. The fourth-order valence-corrected chi connectivity index (χ4v) is 1.61. The molecule has 2 aromatic rings. The summed E-state index contributed by atoms with van der Waals surface area (Å²) in [6, 6.07) is 3.19. The number of nitrogens with zero attached hydrogens (tertiary/aromatic N) is 4. The molecular formula is C10H12N4O3. The standard InChI is InChI=1S/C10H12N4O3/c1-2-7(6-9(15)16)14-10(11-12-13-14)8-4-3-5-17-8/h3-5,7H,2,6H2,1H3,(H,15,16). The van der Waals surface area contributed by atoms with Gasteiger partial charge in [-0.25, -0.2) is 4.68 Å². The van der Waals surface area contributed by atoms with Crippen molar-refractivity contribution in [3.05, 3.63) is 18.4 Å². The predicted molar refractivity (Wildman–Crippen MR) is 57.1 cm³/mol. The minimum Gasteiger partial charge on any atom is -0.481 e. The molecule has 1 N–H and O–H groups in total. The molecule has 2 heterocycles. The number of tetrazole rings is 1. The van der Waals surface area contributed by atoms with Crippen LogP contribution in [0.25, 0.3) is 11.6 Å². The van der Waals surface area contributed by atoms with Crippen molar-refractivity contribution in [1.29, 1.82) is 0 Å². The molecular weight excluding hydrogens is 224 g/mol. The quantitative estimate of drug-likeness (QED) is 0.842. The molecule has 17 heavy (non-hydrogen) atoms. The molecule has 7 heteroatoms. The zero-order chi connectivity index (χ0) is 12.3. The van der Waals surface area contributed by atoms with E-state index in [-0.39, 0.29) is 12.5 Å². The van der Waals surface area contributed by atoms with Crippen molar-refractivity contribution < 1.29 is 14.3 Å². The van der Waals surface area contributed by atoms with Crippen molar-refractivity contribution >= 4 is 5.97 Å². The predicted octanol–water partition coefficient (Wildman–Crippen LogP) is 1.36. The van der Waals surface area contributed by atoms with Crippen LogP contribution in [0, 0.1) is 0 Å². The molecule has 0 saturated heterocycles. The molecule has 0 amide bonds. The average Bonchev–Trinajstić information content (AvgIpc) is 2.94. The molecule has 0 fully saturated rings. The van der Waals surface area contributed by atoms with E-state index in [1.54, 1.807) is 12.1 Å². The van der Waals surface area contributed by atoms with Gasteiger partial charge in [0.05, 0.1) is 18.7 Å². The van der Waals surface area contributed by atoms with Crippen molar-refractivity contribution in [2.75, 3.05) is 0 Å². The second-order valence-electron chi connectivity index (χ2n) is 3.58. The number of furan rings is 1. The van der Waals surface area contributed by atoms with Gasteiger partial charge in [-0.05, 0) is 29.0 Å². The number of aromatic nitrogens is 4. The van der Waals surface area contributed by atoms with Gasteiger partial charge in [-0.3, -0.25) is 4.79 Å². The van der Waals surface area contributed by atoms with Crippen LogP contribution >= 0.6 is 0 Å². The molecule has 7 nitrogen and oxygen atoms in total. The van der Waals surface area contributed by atoms with Crippen LogP contribution in [-0.2, 0) is 4.79 Å². The molecule has 2 rings (SSSR count). The second-order valence-corrected chi connectivity index (χ2v) is 3.58. The number of aliphatic carboxylic acids is 1. The average molecular weight is 236 g/mol. The summed E-state index contributed by atoms with van der Waals surface area (Å²) in [5, 5.41) is 20.1. The van der Waals surface area contributed by atoms with E-state index in [0.29, 0.717) is 18.0 Å². The van der Waals surface area contributed by atoms with Crippen LogP contribution in [0.1, 0.15) is 25.8 Å². The molecule has 0 aromatic carbocycles. The SMILES string of the molecule is CCC(CC(=O)O)n1nnnc1-c1ccco1. The van der Waals surface area contributed by atoms with Gasteiger partial charge < -0.3 is 9.52 Å². The highest BCUT2D eigenvalue weighted by atomic mass is 16.4. The first-order chi connectivity index (χ1) is 8.22. The van der Waals surface area contributed by atoms with Crippen molar-refractivity contribution in [2.45, 2.75) is 25.8 Å². The Morgan fingerprint density at radius 2 is 2.47 bits per heavy atom. The highest BCUT2D eigenvalue weighted by molar-refractivity contribution is 5.67. The van der Waals surface area contributed by atoms with Gasteiger partial charge in [-0.2, -0.15) is 0 Å². The summed E-state index contributed by atoms with van der Waals surface area (Å²) in [6.45, 7) is 1.89. The van der Waals surface area contributed by atoms with Gasteiger partial charge in [0.2, 0.25) is 5.82 Å². The molecule has 0 aliphatic heterocycles. The van der Waals surface area contributed by atoms with E-state index in [4.69, 9.17) is 9.52 Å². The summed E-state index contributed by atoms with van der Waals surface area (Å²) in [7, 11) is 0. The molecule has 2 aromatic heterocycles. The number of rotatable bonds is 5. The van der Waals surface area contributed by atoms with Gasteiger partial charge in [0.1, 0.15) is 0 Å². The monoisotopic (exact) mass is 236 g/mol. The van der Waals surface area contributed by atoms with Crippen molar-refractivity contribution in [3.63, 3.8) is 0 Å². The second kappa shape index (κ2) is 4.77. The van der Waals surface area contributed by atoms with E-state index in [0.717, 1.165) is 0 Å². The van der Waals surface area contributed by atoms with Gasteiger partial charge in [0.25, 0.3) is 0 Å². The van der Waals surface area contributed by atoms with E-state index in [9.17, 15) is 4.79 Å². The first kappa shape index (κ1) is 11.3. The maximum Gasteiger partial charge on any atom is 0.305 e. The molecule has 0 spiro atoms. The lowest BCUT2D eigenvalue weighted by atomic mass is 10.1. The van der Waals surface area contributed by atoms with Crippen LogP contribution < -0.4 is 0 Å². The van der Waals surface area contributed by atoms with Crippen LogP contribution in [0.5, 0.6) is 0 Å². The maximum atomic E-state index is 10.8. The Morgan fingerprint density at radius 1 is 1.65 bits per heavy atom. The summed E-state index contributed by atoms with van der Waals surface area (Å²) < 4.78 is 6.70. The van der Waals surface area contributed by atoms with Crippen LogP contribution in [0.3, 0.4) is 0 Å². The molecule has 90 valence electrons. The van der Waals surface area contributed by atoms with E-state index < -0.39 is 5.97 Å². The Kier molecular flexibility index (Phi) is 3.17. The maximum absolute atomic E-state index is 10.8. The highest BCUT2D eigenvalue weighted by Gasteiger charge is 2.20. The largest absolute Gasteiger partial charge is 0.481 e. The Balaban J connectivity index is 2.32. The highest BCUT2D eigenvalue weighted by Crippen LogP contribution is 2.22. The van der Waals surface area contributed by atoms with Crippen LogP contribution in [0.4, 0.5) is 0 Å². The molecule has 1 unspecified atom stereocenters. The Morgan fingerprint density at radius 3 is 3.06 bits per heavy atom. The fraction of sp³-hybridized carbons (Fsp3) is 0.400. The third-order valence-corrected chi connectivity index (χ3v) is 2.46. The lowest BCUT2D eigenvalue weighted by molar-refractivity contribution is -0.138. The zero-order valence-corrected chi connectivity index (χ0v) is 9.28. The number of carboxylic acid groups (broad SMARTS) is 1. The molecule has 1 atom stereocenters. The third kappa shape index (κ3) is 2.32. The van der Waals surface area contributed by atoms with Crippen LogP contribution in [0.15, 0.2) is 22.8 Å². The fourth-order valence-electron chi connectivity index (χ4n) is 1.61. The van der Waals surface area contributed by atoms with Gasteiger partial charge in [0, 0.05) is 0 Å². The third-order valence-electron chi connectivity index (χ3n) is 2.46. The number of carbonyl (C=O) groups is 1. The minimum atomic E-state index is -0.877. The first-order valence-corrected chi connectivity index (χ1v) is 5.26. The summed E-state index contributed by atoms with van der Waals surface area (Å²) in [5.74, 6) is 0.0969. The number of hydrogen-bond donors (Lipinski definition) is 1. The number of carboxylic acids is 1. The lowest BCUT2D eigenvalue weighted by Crippen LogP contribution is -2.15. The van der Waals surface area contributed by atoms with Crippen LogP contribution in [0.2, 0.25) is 0 Å². The van der Waals surface area contributed by atoms with Crippen molar-refractivity contribution in [1.82, 2.24) is 20.2 Å². The molecule has 0 bridgehead atoms. The normalized spacial score (nSPS) is 12.5. The summed E-state index contributed by atoms with van der Waals surface area (Å²) in [5.41, 5.74) is 0. The smallest absolute Gasteiger partial charge is 0.305 e. The van der Waals surface area contributed by atoms with Gasteiger partial charge in [-0.1, -0.05) is 6.92 Å². The van der Waals surface area contributed by atoms with Crippen molar-refractivity contribution in [2.24, 2.45) is 0 Å². The summed E-state index contributed by atoms with van der Waals surface area (Å²) >= 11 is 0. The van der Waals surface area contributed by atoms with E-state index >= 15 is 0 Å². The summed E-state index contributed by atoms with van der Waals surface area (Å²) in [6.07, 6.45) is 2.13. The van der Waals surface area contributed by atoms with Crippen molar-refractivity contribution in [3.8, 4) is 11.6 Å². The van der Waals surface area contributed by atoms with E-state index in [1.165, 1.54) is 10.9 Å². The van der Waals surface area contributed by atoms with E-state index in [1.807, 2.05) is 6.92 Å². The van der Waals surface area contributed by atoms with Crippen LogP contribution in [-0.4, -0.2) is 31.3 Å². The topological polar surface area (TPSA) is 94.0 Å². The Hall–Kier alpha value is -2.18. The number of hydrogen-bond acceptors (Lipinski definition) is 5. The van der Waals surface area contributed by atoms with Gasteiger partial charge in [-0.15, -0.1) is 5.10 Å². The summed E-state index contributed by atoms with van der Waals surface area (Å²) in [4.78, 5) is 10.8. The Labute approximate surface area is 97.0 Å². The molecule has 0 aliphatic rings. The first-order valence-electron chi connectivity index (χ1n) is 5.26. The van der Waals surface area contributed by atoms with Gasteiger partial charge >= 0.3 is 5.97 Å². The minimum absolute atomic E-state index is 0.0186. The lowest BCUT2D eigenvalue weighted by Gasteiger charge is -2.13. The van der Waals surface area contributed by atoms with E-state index in [2.05, 4.69) is 15.5 Å². The Bertz CT molecular complexity index is 491. The molecule has 0 aliphatic carbocycles. The molecule has 0 saturated carbocycles. The van der Waals surface area contributed by atoms with Gasteiger partial charge in [0.15, 0.2) is 5.76 Å². The zero-order valence-electron chi connectivity index (χ0n) is 9.28.